The Morgan fingerprint density at radius 1 is 1.07 bits per heavy atom. The number of benzene rings is 1. The van der Waals surface area contributed by atoms with Crippen LogP contribution in [0, 0.1) is 5.92 Å². The maximum atomic E-state index is 12.7. The Morgan fingerprint density at radius 3 is 2.32 bits per heavy atom. The van der Waals surface area contributed by atoms with Crippen molar-refractivity contribution in [1.82, 2.24) is 4.90 Å². The van der Waals surface area contributed by atoms with Crippen LogP contribution in [0.25, 0.3) is 0 Å². The molecule has 2 fully saturated rings. The zero-order valence-corrected chi connectivity index (χ0v) is 17.2. The lowest BCUT2D eigenvalue weighted by Gasteiger charge is -2.34. The summed E-state index contributed by atoms with van der Waals surface area (Å²) in [5.74, 6) is -0.137. The second-order valence-corrected chi connectivity index (χ2v) is 7.82. The van der Waals surface area contributed by atoms with E-state index in [1.807, 2.05) is 26.0 Å². The first-order chi connectivity index (χ1) is 13.6. The Kier molecular flexibility index (Phi) is 7.31. The number of carbonyl (C=O) groups excluding carboxylic acids is 2. The molecule has 0 saturated carbocycles. The van der Waals surface area contributed by atoms with E-state index in [1.165, 1.54) is 24.9 Å². The quantitative estimate of drug-likeness (QED) is 0.759. The molecule has 2 heterocycles. The molecule has 0 aromatic heterocycles. The lowest BCUT2D eigenvalue weighted by molar-refractivity contribution is -0.149. The molecule has 1 aromatic carbocycles. The van der Waals surface area contributed by atoms with Gasteiger partial charge in [0.15, 0.2) is 0 Å². The van der Waals surface area contributed by atoms with Crippen molar-refractivity contribution in [2.24, 2.45) is 5.92 Å². The summed E-state index contributed by atoms with van der Waals surface area (Å²) < 4.78 is 5.12. The van der Waals surface area contributed by atoms with Crippen LogP contribution in [0.2, 0.25) is 0 Å². The monoisotopic (exact) mass is 387 g/mol. The minimum atomic E-state index is -0.218. The molecule has 154 valence electrons. The molecule has 6 nitrogen and oxygen atoms in total. The third-order valence-corrected chi connectivity index (χ3v) is 5.93. The van der Waals surface area contributed by atoms with Gasteiger partial charge in [-0.15, -0.1) is 0 Å². The first-order valence-corrected chi connectivity index (χ1v) is 10.6. The van der Waals surface area contributed by atoms with Gasteiger partial charge in [-0.1, -0.05) is 0 Å². The Balaban J connectivity index is 1.48. The van der Waals surface area contributed by atoms with Gasteiger partial charge in [-0.2, -0.15) is 0 Å². The van der Waals surface area contributed by atoms with Gasteiger partial charge in [-0.25, -0.2) is 0 Å². The van der Waals surface area contributed by atoms with Gasteiger partial charge in [-0.05, 0) is 83.3 Å². The van der Waals surface area contributed by atoms with Crippen LogP contribution in [0.4, 0.5) is 11.4 Å². The summed E-state index contributed by atoms with van der Waals surface area (Å²) >= 11 is 0. The highest BCUT2D eigenvalue weighted by atomic mass is 16.5. The number of anilines is 2. The van der Waals surface area contributed by atoms with Gasteiger partial charge in [0.1, 0.15) is 0 Å². The van der Waals surface area contributed by atoms with E-state index in [0.29, 0.717) is 6.61 Å². The van der Waals surface area contributed by atoms with E-state index in [9.17, 15) is 9.59 Å². The van der Waals surface area contributed by atoms with Gasteiger partial charge in [-0.3, -0.25) is 14.5 Å². The number of hydrogen-bond donors (Lipinski definition) is 1. The van der Waals surface area contributed by atoms with Gasteiger partial charge in [0.05, 0.1) is 18.6 Å². The number of esters is 1. The van der Waals surface area contributed by atoms with Crippen molar-refractivity contribution in [2.75, 3.05) is 43.0 Å². The largest absolute Gasteiger partial charge is 0.466 e. The minimum Gasteiger partial charge on any atom is -0.466 e. The molecule has 2 aliphatic rings. The predicted octanol–water partition coefficient (Wildman–Crippen LogP) is 3.28. The van der Waals surface area contributed by atoms with E-state index in [4.69, 9.17) is 4.74 Å². The van der Waals surface area contributed by atoms with Crippen molar-refractivity contribution in [3.8, 4) is 0 Å². The van der Waals surface area contributed by atoms with Gasteiger partial charge < -0.3 is 15.0 Å². The molecule has 1 unspecified atom stereocenters. The van der Waals surface area contributed by atoms with Crippen LogP contribution in [0.15, 0.2) is 24.3 Å². The van der Waals surface area contributed by atoms with Crippen molar-refractivity contribution in [3.05, 3.63) is 24.3 Å². The summed E-state index contributed by atoms with van der Waals surface area (Å²) in [6.45, 7) is 7.90. The average Bonchev–Trinajstić information content (AvgIpc) is 2.74. The SMILES string of the molecule is CCOC(=O)C1CCN(C(C)C(=O)Nc2ccc(N3CCCCC3)cc2)CC1. The van der Waals surface area contributed by atoms with Crippen molar-refractivity contribution in [1.29, 1.82) is 0 Å². The molecule has 28 heavy (non-hydrogen) atoms. The number of carbonyl (C=O) groups is 2. The molecular weight excluding hydrogens is 354 g/mol. The molecule has 3 rings (SSSR count). The second-order valence-electron chi connectivity index (χ2n) is 7.82. The number of nitrogens with zero attached hydrogens (tertiary/aromatic N) is 2. The predicted molar refractivity (Wildman–Crippen MR) is 112 cm³/mol. The Labute approximate surface area is 168 Å². The fourth-order valence-corrected chi connectivity index (χ4v) is 4.10. The number of amides is 1. The van der Waals surface area contributed by atoms with E-state index in [2.05, 4.69) is 27.2 Å². The first kappa shape index (κ1) is 20.6. The van der Waals surface area contributed by atoms with E-state index < -0.39 is 0 Å². The highest BCUT2D eigenvalue weighted by Gasteiger charge is 2.30. The maximum Gasteiger partial charge on any atom is 0.309 e. The molecule has 1 N–H and O–H groups in total. The van der Waals surface area contributed by atoms with Crippen molar-refractivity contribution < 1.29 is 14.3 Å². The van der Waals surface area contributed by atoms with Crippen molar-refractivity contribution in [2.45, 2.75) is 52.0 Å². The zero-order chi connectivity index (χ0) is 19.9. The van der Waals surface area contributed by atoms with E-state index in [1.54, 1.807) is 0 Å². The zero-order valence-electron chi connectivity index (χ0n) is 17.2. The van der Waals surface area contributed by atoms with E-state index in [-0.39, 0.29) is 23.8 Å². The third kappa shape index (κ3) is 5.25. The Bertz CT molecular complexity index is 647. The first-order valence-electron chi connectivity index (χ1n) is 10.6. The van der Waals surface area contributed by atoms with Crippen LogP contribution in [0.5, 0.6) is 0 Å². The third-order valence-electron chi connectivity index (χ3n) is 5.93. The minimum absolute atomic E-state index is 0.000284. The van der Waals surface area contributed by atoms with Crippen LogP contribution in [-0.2, 0) is 14.3 Å². The second kappa shape index (κ2) is 9.92. The molecular formula is C22H33N3O3. The lowest BCUT2D eigenvalue weighted by atomic mass is 9.96. The van der Waals surface area contributed by atoms with Crippen molar-refractivity contribution >= 4 is 23.3 Å². The van der Waals surface area contributed by atoms with Gasteiger partial charge in [0.25, 0.3) is 0 Å². The number of nitrogens with one attached hydrogen (secondary N) is 1. The van der Waals surface area contributed by atoms with Gasteiger partial charge in [0, 0.05) is 24.5 Å². The molecule has 0 aliphatic carbocycles. The van der Waals surface area contributed by atoms with Gasteiger partial charge >= 0.3 is 5.97 Å². The summed E-state index contributed by atoms with van der Waals surface area (Å²) in [6, 6.07) is 7.94. The summed E-state index contributed by atoms with van der Waals surface area (Å²) in [5.41, 5.74) is 2.06. The molecule has 1 atom stereocenters. The Hall–Kier alpha value is -2.08. The normalized spacial score (nSPS) is 19.9. The molecule has 0 radical (unpaired) electrons. The number of piperidine rings is 2. The van der Waals surface area contributed by atoms with Crippen LogP contribution >= 0.6 is 0 Å². The number of likely N-dealkylation sites (tertiary alicyclic amines) is 1. The van der Waals surface area contributed by atoms with Gasteiger partial charge in [0.2, 0.25) is 5.91 Å². The smallest absolute Gasteiger partial charge is 0.309 e. The molecule has 2 saturated heterocycles. The molecule has 2 aliphatic heterocycles. The lowest BCUT2D eigenvalue weighted by Crippen LogP contribution is -2.47. The molecule has 0 spiro atoms. The fraction of sp³-hybridized carbons (Fsp3) is 0.636. The highest BCUT2D eigenvalue weighted by molar-refractivity contribution is 5.94. The summed E-state index contributed by atoms with van der Waals surface area (Å²) in [4.78, 5) is 29.1. The highest BCUT2D eigenvalue weighted by Crippen LogP contribution is 2.23. The summed E-state index contributed by atoms with van der Waals surface area (Å²) in [5, 5.41) is 3.03. The molecule has 6 heteroatoms. The number of ether oxygens (including phenoxy) is 1. The van der Waals surface area contributed by atoms with Crippen LogP contribution in [0.1, 0.15) is 46.0 Å². The van der Waals surface area contributed by atoms with Crippen LogP contribution in [0.3, 0.4) is 0 Å². The summed E-state index contributed by atoms with van der Waals surface area (Å²) in [7, 11) is 0. The maximum absolute atomic E-state index is 12.7. The molecule has 0 bridgehead atoms. The van der Waals surface area contributed by atoms with Crippen LogP contribution in [-0.4, -0.2) is 55.6 Å². The Morgan fingerprint density at radius 2 is 1.71 bits per heavy atom. The molecule has 1 amide bonds. The topological polar surface area (TPSA) is 61.9 Å². The van der Waals surface area contributed by atoms with E-state index in [0.717, 1.165) is 44.7 Å². The number of rotatable bonds is 6. The van der Waals surface area contributed by atoms with Crippen molar-refractivity contribution in [3.63, 3.8) is 0 Å². The number of hydrogen-bond acceptors (Lipinski definition) is 5. The van der Waals surface area contributed by atoms with E-state index >= 15 is 0 Å². The standard InChI is InChI=1S/C22H33N3O3/c1-3-28-22(27)18-11-15-24(16-12-18)17(2)21(26)23-19-7-9-20(10-8-19)25-13-5-4-6-14-25/h7-10,17-18H,3-6,11-16H2,1-2H3,(H,23,26). The summed E-state index contributed by atoms with van der Waals surface area (Å²) in [6.07, 6.45) is 5.33. The fourth-order valence-electron chi connectivity index (χ4n) is 4.10. The van der Waals surface area contributed by atoms with Crippen LogP contribution < -0.4 is 10.2 Å². The molecule has 1 aromatic rings. The average molecular weight is 388 g/mol.